The SMILES string of the molecule is CNC(CC1CCCN(S(C)(=O)=O)C1)c1cc(C)oc1C. The minimum absolute atomic E-state index is 0.215. The number of piperidine rings is 1. The molecule has 2 unspecified atom stereocenters. The van der Waals surface area contributed by atoms with E-state index in [9.17, 15) is 8.42 Å². The molecule has 0 radical (unpaired) electrons. The maximum Gasteiger partial charge on any atom is 0.211 e. The number of rotatable bonds is 5. The third-order valence-corrected chi connectivity index (χ3v) is 5.59. The van der Waals surface area contributed by atoms with Gasteiger partial charge in [-0.1, -0.05) is 0 Å². The smallest absolute Gasteiger partial charge is 0.211 e. The zero-order valence-corrected chi connectivity index (χ0v) is 14.2. The maximum atomic E-state index is 11.7. The van der Waals surface area contributed by atoms with Gasteiger partial charge >= 0.3 is 0 Å². The Hall–Kier alpha value is -0.850. The monoisotopic (exact) mass is 314 g/mol. The first kappa shape index (κ1) is 16.5. The summed E-state index contributed by atoms with van der Waals surface area (Å²) in [6.07, 6.45) is 4.26. The van der Waals surface area contributed by atoms with Crippen molar-refractivity contribution >= 4 is 10.0 Å². The molecule has 0 spiro atoms. The van der Waals surface area contributed by atoms with Gasteiger partial charge in [-0.2, -0.15) is 0 Å². The van der Waals surface area contributed by atoms with Gasteiger partial charge in [0, 0.05) is 24.7 Å². The van der Waals surface area contributed by atoms with Crippen LogP contribution in [0.1, 0.15) is 42.4 Å². The second-order valence-electron chi connectivity index (χ2n) is 6.07. The molecule has 0 aromatic carbocycles. The Labute approximate surface area is 127 Å². The van der Waals surface area contributed by atoms with E-state index in [0.717, 1.165) is 30.8 Å². The van der Waals surface area contributed by atoms with Gasteiger partial charge in [0.2, 0.25) is 10.0 Å². The van der Waals surface area contributed by atoms with Crippen molar-refractivity contribution < 1.29 is 12.8 Å². The van der Waals surface area contributed by atoms with E-state index in [0.29, 0.717) is 19.0 Å². The lowest BCUT2D eigenvalue weighted by atomic mass is 9.89. The number of sulfonamides is 1. The van der Waals surface area contributed by atoms with Gasteiger partial charge in [0.05, 0.1) is 6.26 Å². The van der Waals surface area contributed by atoms with Gasteiger partial charge in [0.1, 0.15) is 11.5 Å². The van der Waals surface area contributed by atoms with E-state index >= 15 is 0 Å². The summed E-state index contributed by atoms with van der Waals surface area (Å²) in [5.41, 5.74) is 1.19. The summed E-state index contributed by atoms with van der Waals surface area (Å²) in [5.74, 6) is 2.26. The lowest BCUT2D eigenvalue weighted by Gasteiger charge is -2.32. The van der Waals surface area contributed by atoms with E-state index in [1.165, 1.54) is 11.8 Å². The highest BCUT2D eigenvalue weighted by Gasteiger charge is 2.28. The molecule has 2 atom stereocenters. The fraction of sp³-hybridized carbons (Fsp3) is 0.733. The van der Waals surface area contributed by atoms with Crippen LogP contribution < -0.4 is 5.32 Å². The predicted molar refractivity (Wildman–Crippen MR) is 83.7 cm³/mol. The maximum absolute atomic E-state index is 11.7. The standard InChI is InChI=1S/C15H26N2O3S/c1-11-8-14(12(2)20-11)15(16-3)9-13-6-5-7-17(10-13)21(4,18)19/h8,13,15-16H,5-7,9-10H2,1-4H3. The Morgan fingerprint density at radius 1 is 1.48 bits per heavy atom. The molecule has 2 heterocycles. The molecule has 1 N–H and O–H groups in total. The Morgan fingerprint density at radius 3 is 2.71 bits per heavy atom. The largest absolute Gasteiger partial charge is 0.466 e. The van der Waals surface area contributed by atoms with Crippen molar-refractivity contribution in [2.24, 2.45) is 5.92 Å². The first-order chi connectivity index (χ1) is 9.81. The Bertz CT molecular complexity index is 580. The molecular formula is C15H26N2O3S. The normalized spacial score (nSPS) is 22.4. The molecule has 6 heteroatoms. The number of hydrogen-bond acceptors (Lipinski definition) is 4. The molecule has 2 rings (SSSR count). The van der Waals surface area contributed by atoms with Gasteiger partial charge in [-0.15, -0.1) is 0 Å². The van der Waals surface area contributed by atoms with Crippen molar-refractivity contribution in [1.29, 1.82) is 0 Å². The van der Waals surface area contributed by atoms with E-state index in [1.54, 1.807) is 4.31 Å². The molecule has 1 aromatic heterocycles. The third kappa shape index (κ3) is 4.08. The van der Waals surface area contributed by atoms with Crippen LogP contribution in [0.25, 0.3) is 0 Å². The summed E-state index contributed by atoms with van der Waals surface area (Å²) in [5, 5.41) is 3.35. The second kappa shape index (κ2) is 6.50. The van der Waals surface area contributed by atoms with Crippen LogP contribution in [0.4, 0.5) is 0 Å². The molecule has 21 heavy (non-hydrogen) atoms. The summed E-state index contributed by atoms with van der Waals surface area (Å²) in [4.78, 5) is 0. The van der Waals surface area contributed by atoms with Gasteiger partial charge < -0.3 is 9.73 Å². The topological polar surface area (TPSA) is 62.6 Å². The van der Waals surface area contributed by atoms with E-state index in [2.05, 4.69) is 11.4 Å². The van der Waals surface area contributed by atoms with Crippen LogP contribution >= 0.6 is 0 Å². The second-order valence-corrected chi connectivity index (χ2v) is 8.06. The Balaban J connectivity index is 2.07. The number of aryl methyl sites for hydroxylation is 2. The molecule has 1 saturated heterocycles. The van der Waals surface area contributed by atoms with Crippen LogP contribution in [0.5, 0.6) is 0 Å². The van der Waals surface area contributed by atoms with Crippen molar-refractivity contribution in [3.05, 3.63) is 23.2 Å². The lowest BCUT2D eigenvalue weighted by Crippen LogP contribution is -2.40. The molecule has 1 fully saturated rings. The Morgan fingerprint density at radius 2 is 2.19 bits per heavy atom. The summed E-state index contributed by atoms with van der Waals surface area (Å²) in [7, 11) is -1.13. The molecule has 1 aliphatic rings. The molecule has 1 aromatic rings. The van der Waals surface area contributed by atoms with Crippen LogP contribution in [0.3, 0.4) is 0 Å². The lowest BCUT2D eigenvalue weighted by molar-refractivity contribution is 0.240. The summed E-state index contributed by atoms with van der Waals surface area (Å²) in [6, 6.07) is 2.29. The Kier molecular flexibility index (Phi) is 5.11. The zero-order valence-electron chi connectivity index (χ0n) is 13.3. The average molecular weight is 314 g/mol. The summed E-state index contributed by atoms with van der Waals surface area (Å²) in [6.45, 7) is 5.22. The zero-order chi connectivity index (χ0) is 15.6. The molecular weight excluding hydrogens is 288 g/mol. The van der Waals surface area contributed by atoms with Crippen LogP contribution in [0.15, 0.2) is 10.5 Å². The molecule has 0 aliphatic carbocycles. The van der Waals surface area contributed by atoms with Gasteiger partial charge in [0.25, 0.3) is 0 Å². The number of nitrogens with one attached hydrogen (secondary N) is 1. The van der Waals surface area contributed by atoms with Crippen LogP contribution in [0, 0.1) is 19.8 Å². The minimum Gasteiger partial charge on any atom is -0.466 e. The van der Waals surface area contributed by atoms with Crippen molar-refractivity contribution in [3.8, 4) is 0 Å². The van der Waals surface area contributed by atoms with Crippen molar-refractivity contribution in [1.82, 2.24) is 9.62 Å². The fourth-order valence-electron chi connectivity index (χ4n) is 3.25. The van der Waals surface area contributed by atoms with Crippen LogP contribution in [0.2, 0.25) is 0 Å². The van der Waals surface area contributed by atoms with Crippen LogP contribution in [-0.2, 0) is 10.0 Å². The average Bonchev–Trinajstić information content (AvgIpc) is 2.74. The third-order valence-electron chi connectivity index (χ3n) is 4.32. The predicted octanol–water partition coefficient (Wildman–Crippen LogP) is 2.22. The van der Waals surface area contributed by atoms with Gasteiger partial charge in [-0.25, -0.2) is 12.7 Å². The van der Waals surface area contributed by atoms with E-state index in [4.69, 9.17) is 4.42 Å². The van der Waals surface area contributed by atoms with Crippen molar-refractivity contribution in [2.75, 3.05) is 26.4 Å². The van der Waals surface area contributed by atoms with Crippen LogP contribution in [-0.4, -0.2) is 39.1 Å². The van der Waals surface area contributed by atoms with Gasteiger partial charge in [0.15, 0.2) is 0 Å². The molecule has 0 bridgehead atoms. The number of hydrogen-bond donors (Lipinski definition) is 1. The quantitative estimate of drug-likeness (QED) is 0.905. The van der Waals surface area contributed by atoms with E-state index in [1.807, 2.05) is 20.9 Å². The van der Waals surface area contributed by atoms with E-state index < -0.39 is 10.0 Å². The molecule has 5 nitrogen and oxygen atoms in total. The molecule has 120 valence electrons. The van der Waals surface area contributed by atoms with E-state index in [-0.39, 0.29) is 6.04 Å². The highest BCUT2D eigenvalue weighted by molar-refractivity contribution is 7.88. The van der Waals surface area contributed by atoms with Crippen molar-refractivity contribution in [3.63, 3.8) is 0 Å². The highest BCUT2D eigenvalue weighted by atomic mass is 32.2. The minimum atomic E-state index is -3.08. The molecule has 0 saturated carbocycles. The fourth-order valence-corrected chi connectivity index (χ4v) is 4.19. The number of nitrogens with zero attached hydrogens (tertiary/aromatic N) is 1. The summed E-state index contributed by atoms with van der Waals surface area (Å²) < 4.78 is 30.6. The molecule has 0 amide bonds. The van der Waals surface area contributed by atoms with Gasteiger partial charge in [-0.05, 0) is 52.1 Å². The highest BCUT2D eigenvalue weighted by Crippen LogP contribution is 2.31. The number of furan rings is 1. The van der Waals surface area contributed by atoms with Gasteiger partial charge in [-0.3, -0.25) is 0 Å². The van der Waals surface area contributed by atoms with Crippen molar-refractivity contribution in [2.45, 2.75) is 39.2 Å². The molecule has 1 aliphatic heterocycles. The summed E-state index contributed by atoms with van der Waals surface area (Å²) >= 11 is 0. The first-order valence-electron chi connectivity index (χ1n) is 7.50. The first-order valence-corrected chi connectivity index (χ1v) is 9.35.